The summed E-state index contributed by atoms with van der Waals surface area (Å²) in [7, 11) is 0. The van der Waals surface area contributed by atoms with E-state index in [-0.39, 0.29) is 12.0 Å². The monoisotopic (exact) mass is 257 g/mol. The van der Waals surface area contributed by atoms with Gasteiger partial charge in [-0.15, -0.1) is 0 Å². The predicted molar refractivity (Wildman–Crippen MR) is 67.3 cm³/mol. The summed E-state index contributed by atoms with van der Waals surface area (Å²) in [6.07, 6.45) is 4.42. The van der Waals surface area contributed by atoms with Gasteiger partial charge < -0.3 is 15.2 Å². The van der Waals surface area contributed by atoms with E-state index in [4.69, 9.17) is 9.84 Å². The quantitative estimate of drug-likeness (QED) is 0.759. The van der Waals surface area contributed by atoms with Gasteiger partial charge in [-0.3, -0.25) is 4.79 Å². The normalized spacial score (nSPS) is 18.6. The number of amides is 1. The second-order valence-electron chi connectivity index (χ2n) is 5.36. The summed E-state index contributed by atoms with van der Waals surface area (Å²) in [5.74, 6) is -1.39. The molecule has 0 aromatic heterocycles. The molecule has 0 radical (unpaired) electrons. The Bertz CT molecular complexity index is 308. The number of aliphatic carboxylic acids is 1. The fourth-order valence-corrected chi connectivity index (χ4v) is 2.04. The second kappa shape index (κ2) is 6.18. The molecule has 1 fully saturated rings. The molecule has 0 saturated heterocycles. The first-order valence-corrected chi connectivity index (χ1v) is 6.57. The van der Waals surface area contributed by atoms with Crippen LogP contribution in [0.3, 0.4) is 0 Å². The summed E-state index contributed by atoms with van der Waals surface area (Å²) in [4.78, 5) is 22.9. The highest BCUT2D eigenvalue weighted by Crippen LogP contribution is 2.23. The molecule has 0 spiro atoms. The fraction of sp³-hybridized carbons (Fsp3) is 0.846. The third kappa shape index (κ3) is 3.98. The first kappa shape index (κ1) is 15.0. The number of hydrogen-bond acceptors (Lipinski definition) is 3. The molecule has 1 aliphatic rings. The van der Waals surface area contributed by atoms with Crippen LogP contribution in [0.2, 0.25) is 0 Å². The van der Waals surface area contributed by atoms with Gasteiger partial charge in [0.2, 0.25) is 5.91 Å². The zero-order valence-electron chi connectivity index (χ0n) is 11.4. The molecule has 0 heterocycles. The average Bonchev–Trinajstić information content (AvgIpc) is 2.77. The standard InChI is InChI=1S/C13H23NO4/c1-4-10(18-9-7-5-6-8-9)11(15)14-13(2,3)12(16)17/h9-10H,4-8H2,1-3H3,(H,14,15)(H,16,17). The van der Waals surface area contributed by atoms with Gasteiger partial charge in [0.1, 0.15) is 11.6 Å². The summed E-state index contributed by atoms with van der Waals surface area (Å²) in [6, 6.07) is 0. The molecule has 1 amide bonds. The maximum atomic E-state index is 12.0. The van der Waals surface area contributed by atoms with Gasteiger partial charge >= 0.3 is 5.97 Å². The summed E-state index contributed by atoms with van der Waals surface area (Å²) < 4.78 is 5.74. The van der Waals surface area contributed by atoms with Gasteiger partial charge in [-0.2, -0.15) is 0 Å². The van der Waals surface area contributed by atoms with Crippen LogP contribution in [0.15, 0.2) is 0 Å². The molecule has 104 valence electrons. The highest BCUT2D eigenvalue weighted by atomic mass is 16.5. The van der Waals surface area contributed by atoms with Crippen LogP contribution < -0.4 is 5.32 Å². The van der Waals surface area contributed by atoms with Crippen molar-refractivity contribution in [3.63, 3.8) is 0 Å². The molecule has 1 aliphatic carbocycles. The Kier molecular flexibility index (Phi) is 5.14. The van der Waals surface area contributed by atoms with E-state index in [1.54, 1.807) is 0 Å². The Morgan fingerprint density at radius 2 is 1.94 bits per heavy atom. The van der Waals surface area contributed by atoms with Crippen molar-refractivity contribution in [1.29, 1.82) is 0 Å². The van der Waals surface area contributed by atoms with E-state index in [1.165, 1.54) is 13.8 Å². The van der Waals surface area contributed by atoms with Crippen LogP contribution in [0.5, 0.6) is 0 Å². The Morgan fingerprint density at radius 3 is 2.39 bits per heavy atom. The summed E-state index contributed by atoms with van der Waals surface area (Å²) in [6.45, 7) is 4.80. The molecular formula is C13H23NO4. The van der Waals surface area contributed by atoms with Crippen LogP contribution in [-0.4, -0.2) is 34.7 Å². The number of carboxylic acids is 1. The molecule has 5 heteroatoms. The lowest BCUT2D eigenvalue weighted by atomic mass is 10.1. The zero-order valence-corrected chi connectivity index (χ0v) is 11.4. The van der Waals surface area contributed by atoms with E-state index in [0.29, 0.717) is 6.42 Å². The van der Waals surface area contributed by atoms with Crippen molar-refractivity contribution in [3.8, 4) is 0 Å². The minimum Gasteiger partial charge on any atom is -0.480 e. The van der Waals surface area contributed by atoms with E-state index in [1.807, 2.05) is 6.92 Å². The van der Waals surface area contributed by atoms with Crippen molar-refractivity contribution in [2.45, 2.75) is 70.6 Å². The Morgan fingerprint density at radius 1 is 1.39 bits per heavy atom. The molecule has 0 aliphatic heterocycles. The SMILES string of the molecule is CCC(OC1CCCC1)C(=O)NC(C)(C)C(=O)O. The lowest BCUT2D eigenvalue weighted by Crippen LogP contribution is -2.53. The van der Waals surface area contributed by atoms with Gasteiger partial charge in [0.15, 0.2) is 0 Å². The van der Waals surface area contributed by atoms with E-state index in [9.17, 15) is 9.59 Å². The van der Waals surface area contributed by atoms with Crippen molar-refractivity contribution in [2.75, 3.05) is 0 Å². The molecule has 5 nitrogen and oxygen atoms in total. The predicted octanol–water partition coefficient (Wildman–Crippen LogP) is 1.70. The molecule has 0 bridgehead atoms. The highest BCUT2D eigenvalue weighted by molar-refractivity contribution is 5.88. The highest BCUT2D eigenvalue weighted by Gasteiger charge is 2.32. The molecular weight excluding hydrogens is 234 g/mol. The molecule has 1 saturated carbocycles. The lowest BCUT2D eigenvalue weighted by Gasteiger charge is -2.26. The zero-order chi connectivity index (χ0) is 13.8. The van der Waals surface area contributed by atoms with Crippen molar-refractivity contribution >= 4 is 11.9 Å². The van der Waals surface area contributed by atoms with E-state index in [0.717, 1.165) is 25.7 Å². The number of carbonyl (C=O) groups excluding carboxylic acids is 1. The van der Waals surface area contributed by atoms with E-state index >= 15 is 0 Å². The minimum absolute atomic E-state index is 0.147. The third-order valence-electron chi connectivity index (χ3n) is 3.29. The van der Waals surface area contributed by atoms with Crippen LogP contribution in [0.25, 0.3) is 0 Å². The number of hydrogen-bond donors (Lipinski definition) is 2. The maximum absolute atomic E-state index is 12.0. The van der Waals surface area contributed by atoms with Crippen LogP contribution >= 0.6 is 0 Å². The number of carboxylic acid groups (broad SMARTS) is 1. The van der Waals surface area contributed by atoms with Crippen LogP contribution in [0.4, 0.5) is 0 Å². The van der Waals surface area contributed by atoms with Gasteiger partial charge in [0.25, 0.3) is 0 Å². The summed E-state index contributed by atoms with van der Waals surface area (Å²) in [5.41, 5.74) is -1.26. The van der Waals surface area contributed by atoms with Gasteiger partial charge in [0, 0.05) is 0 Å². The van der Waals surface area contributed by atoms with Crippen molar-refractivity contribution in [3.05, 3.63) is 0 Å². The molecule has 1 unspecified atom stereocenters. The number of ether oxygens (including phenoxy) is 1. The van der Waals surface area contributed by atoms with E-state index < -0.39 is 17.6 Å². The van der Waals surface area contributed by atoms with Crippen LogP contribution in [0.1, 0.15) is 52.9 Å². The van der Waals surface area contributed by atoms with Crippen molar-refractivity contribution < 1.29 is 19.4 Å². The smallest absolute Gasteiger partial charge is 0.328 e. The lowest BCUT2D eigenvalue weighted by molar-refractivity contribution is -0.149. The maximum Gasteiger partial charge on any atom is 0.328 e. The topological polar surface area (TPSA) is 75.6 Å². The summed E-state index contributed by atoms with van der Waals surface area (Å²) >= 11 is 0. The molecule has 2 N–H and O–H groups in total. The molecule has 0 aromatic carbocycles. The van der Waals surface area contributed by atoms with Gasteiger partial charge in [-0.25, -0.2) is 4.79 Å². The largest absolute Gasteiger partial charge is 0.480 e. The van der Waals surface area contributed by atoms with Crippen LogP contribution in [-0.2, 0) is 14.3 Å². The van der Waals surface area contributed by atoms with E-state index in [2.05, 4.69) is 5.32 Å². The molecule has 18 heavy (non-hydrogen) atoms. The average molecular weight is 257 g/mol. The Balaban J connectivity index is 2.53. The van der Waals surface area contributed by atoms with Crippen LogP contribution in [0, 0.1) is 0 Å². The third-order valence-corrected chi connectivity index (χ3v) is 3.29. The molecule has 0 aromatic rings. The van der Waals surface area contributed by atoms with Gasteiger partial charge in [-0.1, -0.05) is 19.8 Å². The van der Waals surface area contributed by atoms with Gasteiger partial charge in [0.05, 0.1) is 6.10 Å². The van der Waals surface area contributed by atoms with Crippen molar-refractivity contribution in [2.24, 2.45) is 0 Å². The minimum atomic E-state index is -1.26. The number of nitrogens with one attached hydrogen (secondary N) is 1. The summed E-state index contributed by atoms with van der Waals surface area (Å²) in [5, 5.41) is 11.5. The molecule has 1 atom stereocenters. The first-order chi connectivity index (χ1) is 8.36. The number of carbonyl (C=O) groups is 2. The fourth-order valence-electron chi connectivity index (χ4n) is 2.04. The van der Waals surface area contributed by atoms with Crippen molar-refractivity contribution in [1.82, 2.24) is 5.32 Å². The first-order valence-electron chi connectivity index (χ1n) is 6.57. The molecule has 1 rings (SSSR count). The Labute approximate surface area is 108 Å². The second-order valence-corrected chi connectivity index (χ2v) is 5.36. The Hall–Kier alpha value is -1.10. The number of rotatable bonds is 6. The van der Waals surface area contributed by atoms with Gasteiger partial charge in [-0.05, 0) is 33.1 Å².